The summed E-state index contributed by atoms with van der Waals surface area (Å²) in [5, 5.41) is 7.37. The van der Waals surface area contributed by atoms with Crippen molar-refractivity contribution in [3.63, 3.8) is 0 Å². The van der Waals surface area contributed by atoms with Gasteiger partial charge in [0, 0.05) is 5.39 Å². The van der Waals surface area contributed by atoms with Crippen LogP contribution in [0.5, 0.6) is 0 Å². The first-order valence-corrected chi connectivity index (χ1v) is 6.88. The van der Waals surface area contributed by atoms with Crippen LogP contribution >= 0.6 is 15.9 Å². The molecule has 0 radical (unpaired) electrons. The molecule has 5 nitrogen and oxygen atoms in total. The molecule has 0 saturated heterocycles. The molecule has 7 heteroatoms. The van der Waals surface area contributed by atoms with Gasteiger partial charge in [-0.2, -0.15) is 5.10 Å². The second-order valence-electron chi connectivity index (χ2n) is 2.96. The van der Waals surface area contributed by atoms with Gasteiger partial charge in [-0.1, -0.05) is 22.0 Å². The van der Waals surface area contributed by atoms with E-state index in [1.807, 2.05) is 6.07 Å². The smallest absolute Gasteiger partial charge is 0.242 e. The van der Waals surface area contributed by atoms with E-state index in [1.54, 1.807) is 18.3 Å². The van der Waals surface area contributed by atoms with Crippen LogP contribution in [-0.4, -0.2) is 23.3 Å². The third-order valence-corrected chi connectivity index (χ3v) is 4.52. The van der Waals surface area contributed by atoms with Crippen LogP contribution in [0.1, 0.15) is 0 Å². The van der Waals surface area contributed by atoms with E-state index in [-0.39, 0.29) is 4.66 Å². The van der Waals surface area contributed by atoms with Gasteiger partial charge in [-0.3, -0.25) is 9.82 Å². The van der Waals surface area contributed by atoms with Crippen LogP contribution in [0.2, 0.25) is 0 Å². The maximum absolute atomic E-state index is 11.3. The van der Waals surface area contributed by atoms with Gasteiger partial charge in [-0.15, -0.1) is 0 Å². The third kappa shape index (κ3) is 2.13. The molecule has 0 spiro atoms. The molecule has 2 rings (SSSR count). The Balaban J connectivity index is 2.48. The maximum atomic E-state index is 11.3. The minimum absolute atomic E-state index is 0.131. The standard InChI is InChI=1S/C8H8BrN3O2S/c9-5-15(13,14)12-8-3-1-2-7-6(8)4-10-11-7/h1-4,12H,5H2,(H,10,11). The van der Waals surface area contributed by atoms with Gasteiger partial charge in [0.05, 0.1) is 17.4 Å². The Kier molecular flexibility index (Phi) is 2.66. The van der Waals surface area contributed by atoms with Gasteiger partial charge >= 0.3 is 0 Å². The van der Waals surface area contributed by atoms with Crippen molar-refractivity contribution in [1.29, 1.82) is 0 Å². The van der Waals surface area contributed by atoms with Gasteiger partial charge in [0.2, 0.25) is 10.0 Å². The highest BCUT2D eigenvalue weighted by atomic mass is 79.9. The monoisotopic (exact) mass is 289 g/mol. The largest absolute Gasteiger partial charge is 0.282 e. The minimum Gasteiger partial charge on any atom is -0.282 e. The molecule has 0 aliphatic rings. The van der Waals surface area contributed by atoms with Crippen molar-refractivity contribution in [3.05, 3.63) is 24.4 Å². The fraction of sp³-hybridized carbons (Fsp3) is 0.125. The second-order valence-corrected chi connectivity index (χ2v) is 5.99. The fourth-order valence-electron chi connectivity index (χ4n) is 1.25. The number of H-pyrrole nitrogens is 1. The molecule has 1 heterocycles. The minimum atomic E-state index is -3.32. The van der Waals surface area contributed by atoms with Crippen LogP contribution in [0.4, 0.5) is 5.69 Å². The van der Waals surface area contributed by atoms with Crippen LogP contribution in [0.15, 0.2) is 24.4 Å². The fourth-order valence-corrected chi connectivity index (χ4v) is 2.16. The van der Waals surface area contributed by atoms with Gasteiger partial charge < -0.3 is 0 Å². The number of hydrogen-bond acceptors (Lipinski definition) is 3. The van der Waals surface area contributed by atoms with Gasteiger partial charge in [0.1, 0.15) is 4.66 Å². The summed E-state index contributed by atoms with van der Waals surface area (Å²) < 4.78 is 25.0. The normalized spacial score (nSPS) is 11.8. The Morgan fingerprint density at radius 3 is 3.00 bits per heavy atom. The number of alkyl halides is 1. The molecule has 15 heavy (non-hydrogen) atoms. The highest BCUT2D eigenvalue weighted by Gasteiger charge is 2.10. The molecule has 0 unspecified atom stereocenters. The van der Waals surface area contributed by atoms with Gasteiger partial charge in [0.15, 0.2) is 0 Å². The van der Waals surface area contributed by atoms with Crippen molar-refractivity contribution in [3.8, 4) is 0 Å². The molecular weight excluding hydrogens is 282 g/mol. The lowest BCUT2D eigenvalue weighted by Crippen LogP contribution is -2.13. The summed E-state index contributed by atoms with van der Waals surface area (Å²) in [6, 6.07) is 5.28. The van der Waals surface area contributed by atoms with Crippen LogP contribution in [-0.2, 0) is 10.0 Å². The van der Waals surface area contributed by atoms with Crippen LogP contribution in [0.25, 0.3) is 10.9 Å². The molecule has 0 aliphatic carbocycles. The van der Waals surface area contributed by atoms with E-state index in [4.69, 9.17) is 0 Å². The molecule has 0 fully saturated rings. The van der Waals surface area contributed by atoms with Crippen molar-refractivity contribution in [2.75, 3.05) is 9.38 Å². The predicted molar refractivity (Wildman–Crippen MR) is 62.4 cm³/mol. The maximum Gasteiger partial charge on any atom is 0.242 e. The topological polar surface area (TPSA) is 74.8 Å². The summed E-state index contributed by atoms with van der Waals surface area (Å²) in [7, 11) is -3.32. The first-order valence-electron chi connectivity index (χ1n) is 4.11. The van der Waals surface area contributed by atoms with Crippen molar-refractivity contribution in [1.82, 2.24) is 10.2 Å². The molecule has 80 valence electrons. The summed E-state index contributed by atoms with van der Waals surface area (Å²) in [6.45, 7) is 0. The van der Waals surface area contributed by atoms with Gasteiger partial charge in [-0.05, 0) is 12.1 Å². The number of fused-ring (bicyclic) bond motifs is 1. The Morgan fingerprint density at radius 1 is 1.47 bits per heavy atom. The molecular formula is C8H8BrN3O2S. The summed E-state index contributed by atoms with van der Waals surface area (Å²) in [4.78, 5) is 0. The Labute approximate surface area is 95.1 Å². The number of hydrogen-bond donors (Lipinski definition) is 2. The van der Waals surface area contributed by atoms with E-state index < -0.39 is 10.0 Å². The van der Waals surface area contributed by atoms with E-state index in [0.717, 1.165) is 10.9 Å². The zero-order valence-electron chi connectivity index (χ0n) is 7.57. The SMILES string of the molecule is O=S(=O)(CBr)Nc1cccc2[nH]ncc12. The number of halogens is 1. The zero-order valence-corrected chi connectivity index (χ0v) is 9.97. The number of sulfonamides is 1. The van der Waals surface area contributed by atoms with Crippen molar-refractivity contribution in [2.24, 2.45) is 0 Å². The molecule has 1 aromatic heterocycles. The first-order chi connectivity index (χ1) is 7.12. The Morgan fingerprint density at radius 2 is 2.27 bits per heavy atom. The van der Waals surface area contributed by atoms with E-state index in [2.05, 4.69) is 30.8 Å². The molecule has 1 aromatic carbocycles. The second kappa shape index (κ2) is 3.82. The van der Waals surface area contributed by atoms with Crippen LogP contribution < -0.4 is 4.72 Å². The van der Waals surface area contributed by atoms with Crippen LogP contribution in [0, 0.1) is 0 Å². The van der Waals surface area contributed by atoms with Crippen LogP contribution in [0.3, 0.4) is 0 Å². The molecule has 2 N–H and O–H groups in total. The summed E-state index contributed by atoms with van der Waals surface area (Å²) in [5.41, 5.74) is 1.32. The van der Waals surface area contributed by atoms with Crippen molar-refractivity contribution in [2.45, 2.75) is 0 Å². The van der Waals surface area contributed by atoms with E-state index in [9.17, 15) is 8.42 Å². The Bertz CT molecular complexity index is 578. The van der Waals surface area contributed by atoms with E-state index >= 15 is 0 Å². The zero-order chi connectivity index (χ0) is 10.9. The molecule has 0 bridgehead atoms. The summed E-state index contributed by atoms with van der Waals surface area (Å²) in [6.07, 6.45) is 1.58. The van der Waals surface area contributed by atoms with Crippen molar-refractivity contribution < 1.29 is 8.42 Å². The number of benzene rings is 1. The van der Waals surface area contributed by atoms with Gasteiger partial charge in [0.25, 0.3) is 0 Å². The van der Waals surface area contributed by atoms with E-state index in [1.165, 1.54) is 0 Å². The molecule has 0 aliphatic heterocycles. The number of aromatic nitrogens is 2. The predicted octanol–water partition coefficient (Wildman–Crippen LogP) is 1.66. The highest BCUT2D eigenvalue weighted by molar-refractivity contribution is 9.10. The summed E-state index contributed by atoms with van der Waals surface area (Å²) in [5.74, 6) is 0. The quantitative estimate of drug-likeness (QED) is 0.844. The molecule has 2 aromatic rings. The molecule has 0 saturated carbocycles. The first kappa shape index (κ1) is 10.4. The summed E-state index contributed by atoms with van der Waals surface area (Å²) >= 11 is 2.91. The highest BCUT2D eigenvalue weighted by Crippen LogP contribution is 2.22. The molecule has 0 atom stereocenters. The lowest BCUT2D eigenvalue weighted by atomic mass is 10.2. The van der Waals surface area contributed by atoms with Crippen molar-refractivity contribution >= 4 is 42.5 Å². The lowest BCUT2D eigenvalue weighted by molar-refractivity contribution is 0.606. The number of nitrogens with zero attached hydrogens (tertiary/aromatic N) is 1. The molecule has 0 amide bonds. The number of rotatable bonds is 3. The number of nitrogens with one attached hydrogen (secondary N) is 2. The number of anilines is 1. The number of aromatic amines is 1. The Hall–Kier alpha value is -1.08. The lowest BCUT2D eigenvalue weighted by Gasteiger charge is -2.05. The van der Waals surface area contributed by atoms with E-state index in [0.29, 0.717) is 5.69 Å². The average molecular weight is 290 g/mol. The third-order valence-electron chi connectivity index (χ3n) is 1.89. The average Bonchev–Trinajstić information content (AvgIpc) is 2.66. The van der Waals surface area contributed by atoms with Gasteiger partial charge in [-0.25, -0.2) is 8.42 Å².